The molecule has 0 N–H and O–H groups in total. The molecule has 0 radical (unpaired) electrons. The zero-order valence-electron chi connectivity index (χ0n) is 10.4. The smallest absolute Gasteiger partial charge is 0.144 e. The Morgan fingerprint density at radius 1 is 1.21 bits per heavy atom. The molecule has 1 aromatic heterocycles. The van der Waals surface area contributed by atoms with Crippen LogP contribution in [0.1, 0.15) is 5.56 Å². The SMILES string of the molecule is c1cc2c3c(c1)N1c4ccncc4CC1N3CCO2. The van der Waals surface area contributed by atoms with Gasteiger partial charge in [-0.25, -0.2) is 0 Å². The molecule has 0 spiro atoms. The molecule has 4 heteroatoms. The molecule has 0 saturated heterocycles. The van der Waals surface area contributed by atoms with Crippen LogP contribution in [0.2, 0.25) is 0 Å². The molecule has 4 heterocycles. The monoisotopic (exact) mass is 251 g/mol. The minimum Gasteiger partial charge on any atom is -0.489 e. The van der Waals surface area contributed by atoms with Gasteiger partial charge in [-0.1, -0.05) is 6.07 Å². The molecule has 0 aliphatic carbocycles. The van der Waals surface area contributed by atoms with E-state index in [-0.39, 0.29) is 0 Å². The van der Waals surface area contributed by atoms with Crippen LogP contribution < -0.4 is 14.5 Å². The van der Waals surface area contributed by atoms with Crippen LogP contribution in [-0.2, 0) is 6.42 Å². The maximum atomic E-state index is 5.79. The predicted octanol–water partition coefficient (Wildman–Crippen LogP) is 2.31. The molecule has 1 aromatic carbocycles. The van der Waals surface area contributed by atoms with E-state index in [2.05, 4.69) is 39.0 Å². The molecular weight excluding hydrogens is 238 g/mol. The molecule has 19 heavy (non-hydrogen) atoms. The van der Waals surface area contributed by atoms with Gasteiger partial charge in [0.05, 0.1) is 12.2 Å². The van der Waals surface area contributed by atoms with Crippen molar-refractivity contribution in [2.24, 2.45) is 0 Å². The minimum atomic E-state index is 0.402. The number of aromatic nitrogens is 1. The van der Waals surface area contributed by atoms with E-state index >= 15 is 0 Å². The van der Waals surface area contributed by atoms with E-state index in [9.17, 15) is 0 Å². The Labute approximate surface area is 111 Å². The maximum absolute atomic E-state index is 5.79. The maximum Gasteiger partial charge on any atom is 0.144 e. The number of nitrogens with zero attached hydrogens (tertiary/aromatic N) is 3. The van der Waals surface area contributed by atoms with Crippen molar-refractivity contribution in [3.8, 4) is 5.75 Å². The molecule has 3 aliphatic rings. The summed E-state index contributed by atoms with van der Waals surface area (Å²) in [6.45, 7) is 1.74. The van der Waals surface area contributed by atoms with Crippen LogP contribution in [0.15, 0.2) is 36.7 Å². The first-order chi connectivity index (χ1) is 9.43. The second-order valence-corrected chi connectivity index (χ2v) is 5.22. The molecule has 0 bridgehead atoms. The fraction of sp³-hybridized carbons (Fsp3) is 0.267. The third-order valence-corrected chi connectivity index (χ3v) is 4.31. The fourth-order valence-corrected chi connectivity index (χ4v) is 3.57. The van der Waals surface area contributed by atoms with Gasteiger partial charge in [0.1, 0.15) is 24.2 Å². The van der Waals surface area contributed by atoms with Crippen LogP contribution >= 0.6 is 0 Å². The van der Waals surface area contributed by atoms with Crippen molar-refractivity contribution in [3.63, 3.8) is 0 Å². The Morgan fingerprint density at radius 3 is 3.21 bits per heavy atom. The molecular formula is C15H13N3O. The lowest BCUT2D eigenvalue weighted by atomic mass is 10.1. The molecule has 1 atom stereocenters. The van der Waals surface area contributed by atoms with Crippen LogP contribution in [0.25, 0.3) is 0 Å². The number of hydrogen-bond donors (Lipinski definition) is 0. The number of pyridine rings is 1. The first kappa shape index (κ1) is 9.67. The normalized spacial score (nSPS) is 21.8. The lowest BCUT2D eigenvalue weighted by Crippen LogP contribution is -2.42. The summed E-state index contributed by atoms with van der Waals surface area (Å²) in [5.74, 6) is 1.02. The zero-order valence-corrected chi connectivity index (χ0v) is 10.4. The highest BCUT2D eigenvalue weighted by molar-refractivity contribution is 5.90. The van der Waals surface area contributed by atoms with E-state index < -0.39 is 0 Å². The predicted molar refractivity (Wildman–Crippen MR) is 73.2 cm³/mol. The van der Waals surface area contributed by atoms with E-state index in [0.29, 0.717) is 6.17 Å². The lowest BCUT2D eigenvalue weighted by Gasteiger charge is -2.31. The van der Waals surface area contributed by atoms with Crippen molar-refractivity contribution in [3.05, 3.63) is 42.2 Å². The van der Waals surface area contributed by atoms with E-state index in [4.69, 9.17) is 4.74 Å². The Hall–Kier alpha value is -2.23. The quantitative estimate of drug-likeness (QED) is 0.718. The second kappa shape index (κ2) is 3.20. The summed E-state index contributed by atoms with van der Waals surface area (Å²) >= 11 is 0. The highest BCUT2D eigenvalue weighted by Gasteiger charge is 2.44. The van der Waals surface area contributed by atoms with Gasteiger partial charge in [0.25, 0.3) is 0 Å². The summed E-state index contributed by atoms with van der Waals surface area (Å²) in [5.41, 5.74) is 5.17. The van der Waals surface area contributed by atoms with Crippen LogP contribution in [0.5, 0.6) is 5.75 Å². The second-order valence-electron chi connectivity index (χ2n) is 5.22. The summed E-state index contributed by atoms with van der Waals surface area (Å²) in [6.07, 6.45) is 5.32. The Bertz CT molecular complexity index is 685. The van der Waals surface area contributed by atoms with Gasteiger partial charge in [-0.2, -0.15) is 0 Å². The summed E-state index contributed by atoms with van der Waals surface area (Å²) in [5, 5.41) is 0. The Balaban J connectivity index is 1.78. The lowest BCUT2D eigenvalue weighted by molar-refractivity contribution is 0.305. The van der Waals surface area contributed by atoms with Gasteiger partial charge in [-0.3, -0.25) is 4.98 Å². The number of anilines is 3. The fourth-order valence-electron chi connectivity index (χ4n) is 3.57. The van der Waals surface area contributed by atoms with Crippen molar-refractivity contribution in [1.82, 2.24) is 4.98 Å². The highest BCUT2D eigenvalue weighted by atomic mass is 16.5. The molecule has 3 aliphatic heterocycles. The van der Waals surface area contributed by atoms with Gasteiger partial charge in [0.2, 0.25) is 0 Å². The van der Waals surface area contributed by atoms with Crippen LogP contribution in [0.4, 0.5) is 17.1 Å². The minimum absolute atomic E-state index is 0.402. The molecule has 0 fully saturated rings. The number of ether oxygens (including phenoxy) is 1. The van der Waals surface area contributed by atoms with Gasteiger partial charge < -0.3 is 14.5 Å². The van der Waals surface area contributed by atoms with Gasteiger partial charge in [-0.05, 0) is 23.8 Å². The molecule has 1 unspecified atom stereocenters. The Kier molecular flexibility index (Phi) is 1.63. The van der Waals surface area contributed by atoms with Crippen LogP contribution in [-0.4, -0.2) is 24.3 Å². The van der Waals surface area contributed by atoms with E-state index in [1.165, 1.54) is 22.6 Å². The number of fused-ring (bicyclic) bond motifs is 5. The van der Waals surface area contributed by atoms with Gasteiger partial charge in [0, 0.05) is 24.5 Å². The number of rotatable bonds is 0. The van der Waals surface area contributed by atoms with Crippen LogP contribution in [0, 0.1) is 0 Å². The molecule has 2 aromatic rings. The summed E-state index contributed by atoms with van der Waals surface area (Å²) in [4.78, 5) is 9.17. The highest BCUT2D eigenvalue weighted by Crippen LogP contribution is 2.54. The molecule has 4 nitrogen and oxygen atoms in total. The van der Waals surface area contributed by atoms with Crippen molar-refractivity contribution < 1.29 is 4.74 Å². The third-order valence-electron chi connectivity index (χ3n) is 4.31. The zero-order chi connectivity index (χ0) is 12.4. The van der Waals surface area contributed by atoms with Crippen molar-refractivity contribution >= 4 is 17.1 Å². The van der Waals surface area contributed by atoms with E-state index in [1.54, 1.807) is 0 Å². The topological polar surface area (TPSA) is 28.6 Å². The van der Waals surface area contributed by atoms with Crippen molar-refractivity contribution in [1.29, 1.82) is 0 Å². The summed E-state index contributed by atoms with van der Waals surface area (Å²) < 4.78 is 5.79. The summed E-state index contributed by atoms with van der Waals surface area (Å²) in [7, 11) is 0. The van der Waals surface area contributed by atoms with Crippen LogP contribution in [0.3, 0.4) is 0 Å². The molecule has 0 amide bonds. The average Bonchev–Trinajstić information content (AvgIpc) is 2.98. The van der Waals surface area contributed by atoms with Gasteiger partial charge >= 0.3 is 0 Å². The third kappa shape index (κ3) is 1.07. The first-order valence-corrected chi connectivity index (χ1v) is 6.68. The Morgan fingerprint density at radius 2 is 2.21 bits per heavy atom. The van der Waals surface area contributed by atoms with E-state index in [0.717, 1.165) is 25.3 Å². The molecule has 5 rings (SSSR count). The standard InChI is InChI=1S/C15H13N3O/c1-2-12-15-13(3-1)19-7-6-17(15)14-8-10-9-16-5-4-11(10)18(12)14/h1-5,9,14H,6-8H2. The average molecular weight is 251 g/mol. The first-order valence-electron chi connectivity index (χ1n) is 6.68. The summed E-state index contributed by atoms with van der Waals surface area (Å²) in [6, 6.07) is 8.46. The number of benzene rings is 1. The van der Waals surface area contributed by atoms with Gasteiger partial charge in [0.15, 0.2) is 0 Å². The largest absolute Gasteiger partial charge is 0.489 e. The molecule has 0 saturated carbocycles. The number of para-hydroxylation sites is 1. The van der Waals surface area contributed by atoms with Crippen molar-refractivity contribution in [2.45, 2.75) is 12.6 Å². The van der Waals surface area contributed by atoms with Crippen molar-refractivity contribution in [2.75, 3.05) is 23.0 Å². The molecule has 94 valence electrons. The van der Waals surface area contributed by atoms with Gasteiger partial charge in [-0.15, -0.1) is 0 Å². The van der Waals surface area contributed by atoms with E-state index in [1.807, 2.05) is 12.4 Å². The number of hydrogen-bond acceptors (Lipinski definition) is 4.